The van der Waals surface area contributed by atoms with Gasteiger partial charge in [-0.3, -0.25) is 4.79 Å². The number of halogens is 1. The van der Waals surface area contributed by atoms with Crippen LogP contribution in [0.3, 0.4) is 0 Å². The van der Waals surface area contributed by atoms with E-state index in [1.54, 1.807) is 25.3 Å². The Hall–Kier alpha value is -2.00. The molecule has 1 N–H and O–H groups in total. The van der Waals surface area contributed by atoms with Crippen LogP contribution in [0.1, 0.15) is 40.0 Å². The minimum absolute atomic E-state index is 0.0762. The van der Waals surface area contributed by atoms with Crippen LogP contribution in [0.5, 0.6) is 5.75 Å². The van der Waals surface area contributed by atoms with Crippen LogP contribution in [0.4, 0.5) is 0 Å². The van der Waals surface area contributed by atoms with Crippen molar-refractivity contribution in [2.45, 2.75) is 26.8 Å². The van der Waals surface area contributed by atoms with Crippen molar-refractivity contribution in [3.63, 3.8) is 0 Å². The summed E-state index contributed by atoms with van der Waals surface area (Å²) < 4.78 is 5.09. The van der Waals surface area contributed by atoms with Gasteiger partial charge in [-0.05, 0) is 55.7 Å². The Kier molecular flexibility index (Phi) is 5.09. The number of rotatable bonds is 4. The van der Waals surface area contributed by atoms with E-state index in [-0.39, 0.29) is 11.9 Å². The molecule has 0 aliphatic heterocycles. The lowest BCUT2D eigenvalue weighted by molar-refractivity contribution is 0.0940. The molecule has 0 aromatic heterocycles. The lowest BCUT2D eigenvalue weighted by atomic mass is 10.0. The van der Waals surface area contributed by atoms with E-state index in [1.807, 2.05) is 13.0 Å². The predicted octanol–water partition coefficient (Wildman–Crippen LogP) is 4.46. The number of methoxy groups -OCH3 is 1. The van der Waals surface area contributed by atoms with Crippen LogP contribution in [-0.4, -0.2) is 13.0 Å². The molecular weight excluding hydrogens is 298 g/mol. The second-order valence-electron chi connectivity index (χ2n) is 5.39. The summed E-state index contributed by atoms with van der Waals surface area (Å²) in [6.07, 6.45) is 0. The third kappa shape index (κ3) is 3.60. The van der Waals surface area contributed by atoms with Crippen molar-refractivity contribution in [2.24, 2.45) is 0 Å². The molecule has 2 aromatic rings. The fourth-order valence-corrected chi connectivity index (χ4v) is 2.46. The average Bonchev–Trinajstić information content (AvgIpc) is 2.49. The minimum atomic E-state index is -0.157. The van der Waals surface area contributed by atoms with Gasteiger partial charge in [0, 0.05) is 5.56 Å². The first kappa shape index (κ1) is 16.4. The molecule has 0 fully saturated rings. The van der Waals surface area contributed by atoms with Gasteiger partial charge in [0.25, 0.3) is 5.91 Å². The van der Waals surface area contributed by atoms with Crippen LogP contribution in [0.25, 0.3) is 0 Å². The van der Waals surface area contributed by atoms with E-state index in [0.717, 1.165) is 5.56 Å². The van der Waals surface area contributed by atoms with Crippen LogP contribution in [0.2, 0.25) is 5.02 Å². The Morgan fingerprint density at radius 3 is 2.45 bits per heavy atom. The lowest BCUT2D eigenvalue weighted by Gasteiger charge is -2.16. The molecule has 4 heteroatoms. The highest BCUT2D eigenvalue weighted by Crippen LogP contribution is 2.25. The van der Waals surface area contributed by atoms with E-state index in [1.165, 1.54) is 11.1 Å². The summed E-state index contributed by atoms with van der Waals surface area (Å²) in [5.41, 5.74) is 4.05. The molecule has 0 aliphatic rings. The molecule has 0 saturated heterocycles. The zero-order chi connectivity index (χ0) is 16.3. The number of amides is 1. The van der Waals surface area contributed by atoms with E-state index < -0.39 is 0 Å². The predicted molar refractivity (Wildman–Crippen MR) is 89.8 cm³/mol. The second kappa shape index (κ2) is 6.84. The molecule has 2 aromatic carbocycles. The van der Waals surface area contributed by atoms with Gasteiger partial charge >= 0.3 is 0 Å². The van der Waals surface area contributed by atoms with Crippen molar-refractivity contribution in [2.75, 3.05) is 7.11 Å². The van der Waals surface area contributed by atoms with Gasteiger partial charge < -0.3 is 10.1 Å². The highest BCUT2D eigenvalue weighted by atomic mass is 35.5. The van der Waals surface area contributed by atoms with Gasteiger partial charge in [0.1, 0.15) is 5.75 Å². The topological polar surface area (TPSA) is 38.3 Å². The van der Waals surface area contributed by atoms with Crippen molar-refractivity contribution in [1.82, 2.24) is 5.32 Å². The van der Waals surface area contributed by atoms with E-state index >= 15 is 0 Å². The number of carbonyl (C=O) groups excluding carboxylic acids is 1. The average molecular weight is 318 g/mol. The van der Waals surface area contributed by atoms with Crippen molar-refractivity contribution in [3.05, 3.63) is 63.7 Å². The number of carbonyl (C=O) groups is 1. The molecule has 1 amide bonds. The Morgan fingerprint density at radius 2 is 1.86 bits per heavy atom. The molecule has 22 heavy (non-hydrogen) atoms. The first-order valence-electron chi connectivity index (χ1n) is 7.14. The fraction of sp³-hybridized carbons (Fsp3) is 0.278. The zero-order valence-corrected chi connectivity index (χ0v) is 14.0. The molecule has 0 aliphatic carbocycles. The number of hydrogen-bond donors (Lipinski definition) is 1. The molecule has 2 rings (SSSR count). The highest BCUT2D eigenvalue weighted by Gasteiger charge is 2.13. The second-order valence-corrected chi connectivity index (χ2v) is 5.80. The largest absolute Gasteiger partial charge is 0.495 e. The maximum Gasteiger partial charge on any atom is 0.251 e. The van der Waals surface area contributed by atoms with Crippen molar-refractivity contribution in [3.8, 4) is 5.75 Å². The number of ether oxygens (including phenoxy) is 1. The van der Waals surface area contributed by atoms with Crippen LogP contribution < -0.4 is 10.1 Å². The van der Waals surface area contributed by atoms with Gasteiger partial charge in [0.05, 0.1) is 18.2 Å². The van der Waals surface area contributed by atoms with Gasteiger partial charge in [-0.2, -0.15) is 0 Å². The fourth-order valence-electron chi connectivity index (χ4n) is 2.20. The van der Waals surface area contributed by atoms with E-state index in [9.17, 15) is 4.79 Å². The molecule has 0 radical (unpaired) electrons. The monoisotopic (exact) mass is 317 g/mol. The molecular formula is C18H20ClNO2. The summed E-state index contributed by atoms with van der Waals surface area (Å²) in [7, 11) is 1.54. The van der Waals surface area contributed by atoms with Gasteiger partial charge in [-0.25, -0.2) is 0 Å². The number of benzene rings is 2. The first-order valence-corrected chi connectivity index (χ1v) is 7.51. The minimum Gasteiger partial charge on any atom is -0.495 e. The van der Waals surface area contributed by atoms with E-state index in [2.05, 4.69) is 31.3 Å². The van der Waals surface area contributed by atoms with Gasteiger partial charge in [0.2, 0.25) is 0 Å². The summed E-state index contributed by atoms with van der Waals surface area (Å²) in [5, 5.41) is 3.41. The maximum atomic E-state index is 12.3. The van der Waals surface area contributed by atoms with E-state index in [0.29, 0.717) is 16.3 Å². The SMILES string of the molecule is COc1ccc(C(=O)N[C@@H](C)c2ccc(C)c(C)c2)cc1Cl. The Bertz CT molecular complexity index is 697. The summed E-state index contributed by atoms with van der Waals surface area (Å²) in [4.78, 5) is 12.3. The zero-order valence-electron chi connectivity index (χ0n) is 13.2. The molecule has 0 saturated carbocycles. The summed E-state index contributed by atoms with van der Waals surface area (Å²) in [5.74, 6) is 0.399. The third-order valence-electron chi connectivity index (χ3n) is 3.79. The normalized spacial score (nSPS) is 11.9. The molecule has 1 atom stereocenters. The van der Waals surface area contributed by atoms with Gasteiger partial charge in [0.15, 0.2) is 0 Å². The Balaban J connectivity index is 2.13. The highest BCUT2D eigenvalue weighted by molar-refractivity contribution is 6.32. The quantitative estimate of drug-likeness (QED) is 0.904. The Labute approximate surface area is 136 Å². The number of nitrogens with one attached hydrogen (secondary N) is 1. The van der Waals surface area contributed by atoms with Gasteiger partial charge in [-0.15, -0.1) is 0 Å². The van der Waals surface area contributed by atoms with E-state index in [4.69, 9.17) is 16.3 Å². The van der Waals surface area contributed by atoms with Crippen LogP contribution in [-0.2, 0) is 0 Å². The summed E-state index contributed by atoms with van der Waals surface area (Å²) >= 11 is 6.06. The van der Waals surface area contributed by atoms with Gasteiger partial charge in [-0.1, -0.05) is 29.8 Å². The van der Waals surface area contributed by atoms with Crippen LogP contribution in [0.15, 0.2) is 36.4 Å². The van der Waals surface area contributed by atoms with Crippen molar-refractivity contribution >= 4 is 17.5 Å². The lowest BCUT2D eigenvalue weighted by Crippen LogP contribution is -2.26. The number of hydrogen-bond acceptors (Lipinski definition) is 2. The third-order valence-corrected chi connectivity index (χ3v) is 4.09. The molecule has 0 unspecified atom stereocenters. The van der Waals surface area contributed by atoms with Crippen LogP contribution in [0, 0.1) is 13.8 Å². The molecule has 0 spiro atoms. The number of aryl methyl sites for hydroxylation is 2. The van der Waals surface area contributed by atoms with Crippen LogP contribution >= 0.6 is 11.6 Å². The molecule has 3 nitrogen and oxygen atoms in total. The molecule has 116 valence electrons. The maximum absolute atomic E-state index is 12.3. The first-order chi connectivity index (χ1) is 10.4. The van der Waals surface area contributed by atoms with Crippen molar-refractivity contribution < 1.29 is 9.53 Å². The standard InChI is InChI=1S/C18H20ClNO2/c1-11-5-6-14(9-12(11)2)13(3)20-18(21)15-7-8-17(22-4)16(19)10-15/h5-10,13H,1-4H3,(H,20,21)/t13-/m0/s1. The molecule has 0 bridgehead atoms. The van der Waals surface area contributed by atoms with Crippen molar-refractivity contribution in [1.29, 1.82) is 0 Å². The Morgan fingerprint density at radius 1 is 1.14 bits per heavy atom. The summed E-state index contributed by atoms with van der Waals surface area (Å²) in [6, 6.07) is 11.1. The smallest absolute Gasteiger partial charge is 0.251 e. The summed E-state index contributed by atoms with van der Waals surface area (Å²) in [6.45, 7) is 6.10. The molecule has 0 heterocycles.